The zero-order valence-electron chi connectivity index (χ0n) is 6.80. The Morgan fingerprint density at radius 1 is 1.58 bits per heavy atom. The fraction of sp³-hybridized carbons (Fsp3) is 0.250. The molecule has 0 radical (unpaired) electrons. The molecule has 0 aromatic heterocycles. The number of halogens is 1. The van der Waals surface area contributed by atoms with Gasteiger partial charge in [0, 0.05) is 6.07 Å². The van der Waals surface area contributed by atoms with Crippen molar-refractivity contribution < 1.29 is 4.74 Å². The van der Waals surface area contributed by atoms with Crippen molar-refractivity contribution in [1.29, 1.82) is 0 Å². The number of hydrazine groups is 1. The fourth-order valence-corrected chi connectivity index (χ4v) is 1.22. The van der Waals surface area contributed by atoms with Crippen LogP contribution in [0.2, 0.25) is 0 Å². The van der Waals surface area contributed by atoms with Crippen LogP contribution in [0.5, 0.6) is 5.75 Å². The number of nitrogens with one attached hydrogen (secondary N) is 1. The second-order valence-corrected chi connectivity index (χ2v) is 3.08. The molecule has 3 N–H and O–H groups in total. The highest BCUT2D eigenvalue weighted by molar-refractivity contribution is 9.10. The molecule has 1 aromatic rings. The molecule has 0 saturated carbocycles. The summed E-state index contributed by atoms with van der Waals surface area (Å²) in [6, 6.07) is 5.60. The number of nitrogen functional groups attached to an aromatic ring is 1. The molecular formula is C8H11BrN2O. The van der Waals surface area contributed by atoms with E-state index in [1.165, 1.54) is 0 Å². The first kappa shape index (κ1) is 9.35. The number of benzene rings is 1. The van der Waals surface area contributed by atoms with E-state index in [1.807, 2.05) is 25.1 Å². The SMILES string of the molecule is CCOc1cc(NN)ccc1Br. The Morgan fingerprint density at radius 2 is 2.33 bits per heavy atom. The molecule has 0 amide bonds. The number of hydrogen-bond donors (Lipinski definition) is 2. The summed E-state index contributed by atoms with van der Waals surface area (Å²) in [4.78, 5) is 0. The molecule has 0 heterocycles. The molecular weight excluding hydrogens is 220 g/mol. The maximum absolute atomic E-state index is 5.34. The maximum atomic E-state index is 5.34. The van der Waals surface area contributed by atoms with Crippen LogP contribution in [-0.2, 0) is 0 Å². The first-order valence-corrected chi connectivity index (χ1v) is 4.46. The van der Waals surface area contributed by atoms with Gasteiger partial charge >= 0.3 is 0 Å². The van der Waals surface area contributed by atoms with E-state index in [2.05, 4.69) is 21.4 Å². The third-order valence-electron chi connectivity index (χ3n) is 1.40. The average molecular weight is 231 g/mol. The van der Waals surface area contributed by atoms with E-state index in [-0.39, 0.29) is 0 Å². The van der Waals surface area contributed by atoms with E-state index >= 15 is 0 Å². The Balaban J connectivity index is 2.91. The molecule has 0 aliphatic heterocycles. The highest BCUT2D eigenvalue weighted by Crippen LogP contribution is 2.27. The van der Waals surface area contributed by atoms with Gasteiger partial charge in [0.05, 0.1) is 16.8 Å². The minimum atomic E-state index is 0.645. The van der Waals surface area contributed by atoms with Gasteiger partial charge in [-0.05, 0) is 35.0 Å². The van der Waals surface area contributed by atoms with E-state index in [0.29, 0.717) is 6.61 Å². The molecule has 0 unspecified atom stereocenters. The van der Waals surface area contributed by atoms with Crippen LogP contribution in [0.3, 0.4) is 0 Å². The van der Waals surface area contributed by atoms with E-state index in [0.717, 1.165) is 15.9 Å². The Bertz CT molecular complexity index is 265. The molecule has 0 spiro atoms. The van der Waals surface area contributed by atoms with Crippen molar-refractivity contribution in [3.8, 4) is 5.75 Å². The molecule has 1 aromatic carbocycles. The van der Waals surface area contributed by atoms with Crippen LogP contribution >= 0.6 is 15.9 Å². The van der Waals surface area contributed by atoms with Gasteiger partial charge in [0.15, 0.2) is 0 Å². The number of ether oxygens (including phenoxy) is 1. The second-order valence-electron chi connectivity index (χ2n) is 2.22. The van der Waals surface area contributed by atoms with E-state index < -0.39 is 0 Å². The Morgan fingerprint density at radius 3 is 2.92 bits per heavy atom. The van der Waals surface area contributed by atoms with E-state index in [1.54, 1.807) is 0 Å². The van der Waals surface area contributed by atoms with E-state index in [4.69, 9.17) is 10.6 Å². The molecule has 0 aliphatic rings. The van der Waals surface area contributed by atoms with Gasteiger partial charge in [0.2, 0.25) is 0 Å². The van der Waals surface area contributed by atoms with Crippen molar-refractivity contribution >= 4 is 21.6 Å². The highest BCUT2D eigenvalue weighted by atomic mass is 79.9. The molecule has 1 rings (SSSR count). The van der Waals surface area contributed by atoms with Gasteiger partial charge in [-0.15, -0.1) is 0 Å². The van der Waals surface area contributed by atoms with Crippen LogP contribution in [0, 0.1) is 0 Å². The van der Waals surface area contributed by atoms with Crippen LogP contribution in [-0.4, -0.2) is 6.61 Å². The summed E-state index contributed by atoms with van der Waals surface area (Å²) in [5.74, 6) is 6.04. The summed E-state index contributed by atoms with van der Waals surface area (Å²) < 4.78 is 6.27. The molecule has 3 nitrogen and oxygen atoms in total. The van der Waals surface area contributed by atoms with Gasteiger partial charge in [0.25, 0.3) is 0 Å². The highest BCUT2D eigenvalue weighted by Gasteiger charge is 2.00. The third-order valence-corrected chi connectivity index (χ3v) is 2.05. The molecule has 0 fully saturated rings. The molecule has 0 saturated heterocycles. The van der Waals surface area contributed by atoms with Crippen LogP contribution in [0.1, 0.15) is 6.92 Å². The maximum Gasteiger partial charge on any atom is 0.135 e. The molecule has 4 heteroatoms. The predicted molar refractivity (Wildman–Crippen MR) is 53.1 cm³/mol. The van der Waals surface area contributed by atoms with Gasteiger partial charge in [-0.25, -0.2) is 0 Å². The lowest BCUT2D eigenvalue weighted by molar-refractivity contribution is 0.338. The lowest BCUT2D eigenvalue weighted by Gasteiger charge is -2.07. The van der Waals surface area contributed by atoms with Crippen molar-refractivity contribution in [2.45, 2.75) is 6.92 Å². The zero-order chi connectivity index (χ0) is 8.97. The number of anilines is 1. The summed E-state index contributed by atoms with van der Waals surface area (Å²) in [6.07, 6.45) is 0. The van der Waals surface area contributed by atoms with Crippen LogP contribution < -0.4 is 16.0 Å². The quantitative estimate of drug-likeness (QED) is 0.618. The van der Waals surface area contributed by atoms with Crippen molar-refractivity contribution in [3.63, 3.8) is 0 Å². The zero-order valence-corrected chi connectivity index (χ0v) is 8.39. The molecule has 12 heavy (non-hydrogen) atoms. The van der Waals surface area contributed by atoms with Crippen LogP contribution in [0.4, 0.5) is 5.69 Å². The summed E-state index contributed by atoms with van der Waals surface area (Å²) in [7, 11) is 0. The van der Waals surface area contributed by atoms with Crippen molar-refractivity contribution in [3.05, 3.63) is 22.7 Å². The first-order chi connectivity index (χ1) is 5.77. The van der Waals surface area contributed by atoms with Gasteiger partial charge in [-0.1, -0.05) is 0 Å². The van der Waals surface area contributed by atoms with Gasteiger partial charge in [-0.3, -0.25) is 5.84 Å². The summed E-state index contributed by atoms with van der Waals surface area (Å²) in [5, 5.41) is 0. The molecule has 66 valence electrons. The standard InChI is InChI=1S/C8H11BrN2O/c1-2-12-8-5-6(11-10)3-4-7(8)9/h3-5,11H,2,10H2,1H3. The molecule has 0 aliphatic carbocycles. The largest absolute Gasteiger partial charge is 0.493 e. The minimum absolute atomic E-state index is 0.645. The van der Waals surface area contributed by atoms with Gasteiger partial charge < -0.3 is 10.2 Å². The molecule has 0 atom stereocenters. The summed E-state index contributed by atoms with van der Waals surface area (Å²) in [5.41, 5.74) is 3.39. The second kappa shape index (κ2) is 4.33. The van der Waals surface area contributed by atoms with Crippen LogP contribution in [0.15, 0.2) is 22.7 Å². The number of hydrogen-bond acceptors (Lipinski definition) is 3. The van der Waals surface area contributed by atoms with Crippen LogP contribution in [0.25, 0.3) is 0 Å². The Hall–Kier alpha value is -0.740. The number of rotatable bonds is 3. The normalized spacial score (nSPS) is 9.58. The summed E-state index contributed by atoms with van der Waals surface area (Å²) >= 11 is 3.37. The van der Waals surface area contributed by atoms with Gasteiger partial charge in [0.1, 0.15) is 5.75 Å². The fourth-order valence-electron chi connectivity index (χ4n) is 0.859. The third kappa shape index (κ3) is 2.12. The average Bonchev–Trinajstić information content (AvgIpc) is 2.09. The Kier molecular flexibility index (Phi) is 3.37. The first-order valence-electron chi connectivity index (χ1n) is 3.67. The van der Waals surface area contributed by atoms with Gasteiger partial charge in [-0.2, -0.15) is 0 Å². The van der Waals surface area contributed by atoms with E-state index in [9.17, 15) is 0 Å². The number of nitrogens with two attached hydrogens (primary N) is 1. The smallest absolute Gasteiger partial charge is 0.135 e. The topological polar surface area (TPSA) is 47.3 Å². The Labute approximate surface area is 80.0 Å². The monoisotopic (exact) mass is 230 g/mol. The van der Waals surface area contributed by atoms with Crippen molar-refractivity contribution in [1.82, 2.24) is 0 Å². The lowest BCUT2D eigenvalue weighted by Crippen LogP contribution is -2.06. The predicted octanol–water partition coefficient (Wildman–Crippen LogP) is 2.13. The van der Waals surface area contributed by atoms with Crippen molar-refractivity contribution in [2.24, 2.45) is 5.84 Å². The minimum Gasteiger partial charge on any atom is -0.493 e. The van der Waals surface area contributed by atoms with Crippen molar-refractivity contribution in [2.75, 3.05) is 12.0 Å². The lowest BCUT2D eigenvalue weighted by atomic mass is 10.3. The molecule has 0 bridgehead atoms. The summed E-state index contributed by atoms with van der Waals surface area (Å²) in [6.45, 7) is 2.58.